The Balaban J connectivity index is 1.47. The van der Waals surface area contributed by atoms with E-state index >= 15 is 0 Å². The Morgan fingerprint density at radius 3 is 1.59 bits per heavy atom. The minimum atomic E-state index is 0.793. The topological polar surface area (TPSA) is 0 Å². The third-order valence-corrected chi connectivity index (χ3v) is 10.5. The molecule has 27 heavy (non-hydrogen) atoms. The third-order valence-electron chi connectivity index (χ3n) is 10.5. The van der Waals surface area contributed by atoms with Gasteiger partial charge in [0.25, 0.3) is 0 Å². The van der Waals surface area contributed by atoms with Crippen LogP contribution in [0.5, 0.6) is 0 Å². The molecule has 0 amide bonds. The first-order valence-electron chi connectivity index (χ1n) is 13.4. The molecule has 0 heterocycles. The molecular weight excluding hydrogens is 324 g/mol. The number of hydrogen-bond acceptors (Lipinski definition) is 0. The lowest BCUT2D eigenvalue weighted by Crippen LogP contribution is -2.53. The summed E-state index contributed by atoms with van der Waals surface area (Å²) in [6.45, 7) is 0. The quantitative estimate of drug-likeness (QED) is 0.457. The van der Waals surface area contributed by atoms with Crippen LogP contribution in [0, 0.1) is 40.9 Å². The summed E-state index contributed by atoms with van der Waals surface area (Å²) in [5.74, 6) is 6.80. The van der Waals surface area contributed by atoms with Crippen LogP contribution >= 0.6 is 0 Å². The molecule has 154 valence electrons. The van der Waals surface area contributed by atoms with E-state index in [0.29, 0.717) is 0 Å². The van der Waals surface area contributed by atoms with Crippen molar-refractivity contribution in [2.45, 2.75) is 128 Å². The zero-order valence-electron chi connectivity index (χ0n) is 18.1. The van der Waals surface area contributed by atoms with Gasteiger partial charge in [-0.3, -0.25) is 0 Å². The molecule has 0 N–H and O–H groups in total. The van der Waals surface area contributed by atoms with Crippen molar-refractivity contribution in [3.05, 3.63) is 0 Å². The van der Waals surface area contributed by atoms with Crippen LogP contribution in [0.25, 0.3) is 0 Å². The highest BCUT2D eigenvalue weighted by atomic mass is 14.6. The molecule has 0 radical (unpaired) electrons. The van der Waals surface area contributed by atoms with Gasteiger partial charge in [-0.2, -0.15) is 0 Å². The number of fused-ring (bicyclic) bond motifs is 1. The van der Waals surface area contributed by atoms with Gasteiger partial charge in [0.2, 0.25) is 0 Å². The zero-order chi connectivity index (χ0) is 18.1. The van der Waals surface area contributed by atoms with Gasteiger partial charge in [0.15, 0.2) is 0 Å². The molecule has 0 heteroatoms. The minimum absolute atomic E-state index is 0.793. The predicted octanol–water partition coefficient (Wildman–Crippen LogP) is 8.54. The lowest BCUT2D eigenvalue weighted by atomic mass is 9.43. The molecule has 0 saturated heterocycles. The van der Waals surface area contributed by atoms with Crippen LogP contribution in [0.2, 0.25) is 0 Å². The molecule has 5 aliphatic carbocycles. The van der Waals surface area contributed by atoms with E-state index in [-0.39, 0.29) is 0 Å². The average molecular weight is 371 g/mol. The maximum absolute atomic E-state index is 1.68. The Kier molecular flexibility index (Phi) is 5.90. The Morgan fingerprint density at radius 2 is 0.926 bits per heavy atom. The van der Waals surface area contributed by atoms with Crippen LogP contribution in [0.3, 0.4) is 0 Å². The van der Waals surface area contributed by atoms with Crippen molar-refractivity contribution in [3.8, 4) is 0 Å². The molecule has 0 nitrogen and oxygen atoms in total. The molecule has 4 atom stereocenters. The predicted molar refractivity (Wildman–Crippen MR) is 116 cm³/mol. The summed E-state index contributed by atoms with van der Waals surface area (Å²) in [4.78, 5) is 0. The molecule has 1 spiro atoms. The van der Waals surface area contributed by atoms with E-state index in [1.807, 2.05) is 0 Å². The Hall–Kier alpha value is 0. The maximum atomic E-state index is 1.68. The van der Waals surface area contributed by atoms with Crippen LogP contribution in [-0.4, -0.2) is 0 Å². The monoisotopic (exact) mass is 370 g/mol. The molecular formula is C27H46. The van der Waals surface area contributed by atoms with Crippen LogP contribution in [-0.2, 0) is 0 Å². The molecule has 5 aliphatic rings. The second-order valence-corrected chi connectivity index (χ2v) is 11.7. The lowest BCUT2D eigenvalue weighted by Gasteiger charge is -2.62. The van der Waals surface area contributed by atoms with E-state index < -0.39 is 0 Å². The van der Waals surface area contributed by atoms with Crippen molar-refractivity contribution in [3.63, 3.8) is 0 Å². The fourth-order valence-electron chi connectivity index (χ4n) is 9.59. The molecule has 4 unspecified atom stereocenters. The smallest absolute Gasteiger partial charge is 0.0261 e. The summed E-state index contributed by atoms with van der Waals surface area (Å²) in [6, 6.07) is 0. The zero-order valence-corrected chi connectivity index (χ0v) is 18.1. The highest BCUT2D eigenvalue weighted by Crippen LogP contribution is 2.65. The van der Waals surface area contributed by atoms with Crippen LogP contribution in [0.15, 0.2) is 0 Å². The highest BCUT2D eigenvalue weighted by molar-refractivity contribution is 5.05. The summed E-state index contributed by atoms with van der Waals surface area (Å²) in [5.41, 5.74) is 0.793. The molecule has 0 aliphatic heterocycles. The van der Waals surface area contributed by atoms with Crippen molar-refractivity contribution in [1.82, 2.24) is 0 Å². The molecule has 0 bridgehead atoms. The molecule has 0 aromatic rings. The molecule has 0 aromatic heterocycles. The van der Waals surface area contributed by atoms with Crippen LogP contribution < -0.4 is 0 Å². The third kappa shape index (κ3) is 3.66. The summed E-state index contributed by atoms with van der Waals surface area (Å²) < 4.78 is 0. The molecule has 5 rings (SSSR count). The minimum Gasteiger partial charge on any atom is -0.0533 e. The van der Waals surface area contributed by atoms with Gasteiger partial charge in [0, 0.05) is 0 Å². The van der Waals surface area contributed by atoms with Gasteiger partial charge in [0.05, 0.1) is 0 Å². The second-order valence-electron chi connectivity index (χ2n) is 11.7. The Bertz CT molecular complexity index is 460. The first-order valence-corrected chi connectivity index (χ1v) is 13.4. The van der Waals surface area contributed by atoms with E-state index in [9.17, 15) is 0 Å². The van der Waals surface area contributed by atoms with Crippen LogP contribution in [0.1, 0.15) is 128 Å². The van der Waals surface area contributed by atoms with Gasteiger partial charge >= 0.3 is 0 Å². The van der Waals surface area contributed by atoms with E-state index in [1.165, 1.54) is 12.8 Å². The van der Waals surface area contributed by atoms with Crippen molar-refractivity contribution < 1.29 is 0 Å². The van der Waals surface area contributed by atoms with Gasteiger partial charge in [-0.05, 0) is 73.0 Å². The number of rotatable bonds is 2. The van der Waals surface area contributed by atoms with Crippen molar-refractivity contribution in [2.24, 2.45) is 40.9 Å². The van der Waals surface area contributed by atoms with Crippen LogP contribution in [0.4, 0.5) is 0 Å². The fraction of sp³-hybridized carbons (Fsp3) is 1.00. The summed E-state index contributed by atoms with van der Waals surface area (Å²) in [5, 5.41) is 0. The lowest BCUT2D eigenvalue weighted by molar-refractivity contribution is -0.123. The summed E-state index contributed by atoms with van der Waals surface area (Å²) >= 11 is 0. The normalized spacial score (nSPS) is 41.3. The largest absolute Gasteiger partial charge is 0.0533 e. The fourth-order valence-corrected chi connectivity index (χ4v) is 9.59. The van der Waals surface area contributed by atoms with Gasteiger partial charge in [-0.15, -0.1) is 0 Å². The molecule has 0 aromatic carbocycles. The number of hydrogen-bond donors (Lipinski definition) is 0. The van der Waals surface area contributed by atoms with E-state index in [1.54, 1.807) is 116 Å². The molecule has 5 saturated carbocycles. The SMILES string of the molecule is C1CCC(C2CC3(CCCCC3)C(C3CCCCC3)C3CCCCC23)CC1. The van der Waals surface area contributed by atoms with Gasteiger partial charge < -0.3 is 0 Å². The summed E-state index contributed by atoms with van der Waals surface area (Å²) in [7, 11) is 0. The first kappa shape index (κ1) is 19.0. The van der Waals surface area contributed by atoms with Gasteiger partial charge in [-0.1, -0.05) is 96.3 Å². The Morgan fingerprint density at radius 1 is 0.407 bits per heavy atom. The van der Waals surface area contributed by atoms with E-state index in [0.717, 1.165) is 40.9 Å². The standard InChI is InChI=1S/C27H46/c1-4-12-21(13-5-1)25-20-27(18-10-3-11-19-27)26(22-14-6-2-7-15-22)24-17-9-8-16-23(24)25/h21-26H,1-20H2. The van der Waals surface area contributed by atoms with E-state index in [4.69, 9.17) is 0 Å². The van der Waals surface area contributed by atoms with Crippen molar-refractivity contribution in [1.29, 1.82) is 0 Å². The Labute approximate surface area is 169 Å². The van der Waals surface area contributed by atoms with Crippen molar-refractivity contribution in [2.75, 3.05) is 0 Å². The van der Waals surface area contributed by atoms with E-state index in [2.05, 4.69) is 0 Å². The van der Waals surface area contributed by atoms with Crippen molar-refractivity contribution >= 4 is 0 Å². The second kappa shape index (κ2) is 8.39. The maximum Gasteiger partial charge on any atom is -0.0261 e. The van der Waals surface area contributed by atoms with Gasteiger partial charge in [-0.25, -0.2) is 0 Å². The summed E-state index contributed by atoms with van der Waals surface area (Å²) in [6.07, 6.45) is 31.7. The average Bonchev–Trinajstić information content (AvgIpc) is 2.75. The molecule has 5 fully saturated rings. The first-order chi connectivity index (χ1) is 13.4. The van der Waals surface area contributed by atoms with Gasteiger partial charge in [0.1, 0.15) is 0 Å². The highest BCUT2D eigenvalue weighted by Gasteiger charge is 2.56.